The fourth-order valence-electron chi connectivity index (χ4n) is 1.36. The topological polar surface area (TPSA) is 26.0 Å². The Kier molecular flexibility index (Phi) is 4.71. The highest BCUT2D eigenvalue weighted by Gasteiger charge is 2.02. The molecule has 76 valence electrons. The second kappa shape index (κ2) is 5.84. The van der Waals surface area contributed by atoms with Gasteiger partial charge in [0.2, 0.25) is 0 Å². The average Bonchev–Trinajstić information content (AvgIpc) is 2.18. The summed E-state index contributed by atoms with van der Waals surface area (Å²) in [5.41, 5.74) is 7.19. The maximum atomic E-state index is 5.95. The lowest BCUT2D eigenvalue weighted by atomic mass is 10.0. The molecule has 1 rings (SSSR count). The first-order chi connectivity index (χ1) is 6.72. The molecule has 1 atom stereocenters. The molecule has 0 radical (unpaired) electrons. The lowest BCUT2D eigenvalue weighted by Crippen LogP contribution is -2.22. The lowest BCUT2D eigenvalue weighted by molar-refractivity contribution is 0.618. The Labute approximate surface area is 90.6 Å². The summed E-state index contributed by atoms with van der Waals surface area (Å²) in [4.78, 5) is 0. The van der Waals surface area contributed by atoms with E-state index in [1.54, 1.807) is 0 Å². The number of halogens is 1. The molecule has 1 unspecified atom stereocenters. The van der Waals surface area contributed by atoms with E-state index in [2.05, 4.69) is 6.58 Å². The van der Waals surface area contributed by atoms with Crippen LogP contribution in [0.5, 0.6) is 0 Å². The van der Waals surface area contributed by atoms with Gasteiger partial charge in [0.05, 0.1) is 0 Å². The molecule has 0 heterocycles. The van der Waals surface area contributed by atoms with E-state index in [0.717, 1.165) is 24.3 Å². The van der Waals surface area contributed by atoms with Gasteiger partial charge in [-0.15, -0.1) is 6.58 Å². The molecule has 2 N–H and O–H groups in total. The van der Waals surface area contributed by atoms with E-state index in [0.29, 0.717) is 0 Å². The van der Waals surface area contributed by atoms with E-state index in [9.17, 15) is 0 Å². The molecular formula is C12H16ClN. The summed E-state index contributed by atoms with van der Waals surface area (Å²) < 4.78 is 0. The molecule has 2 heteroatoms. The van der Waals surface area contributed by atoms with Crippen LogP contribution in [0, 0.1) is 0 Å². The predicted octanol–water partition coefficient (Wildman–Crippen LogP) is 3.18. The molecule has 1 aromatic carbocycles. The summed E-state index contributed by atoms with van der Waals surface area (Å²) in [6.45, 7) is 3.68. The second-order valence-corrected chi connectivity index (χ2v) is 3.89. The Balaban J connectivity index is 2.43. The number of nitrogens with two attached hydrogens (primary N) is 1. The Bertz CT molecular complexity index is 279. The van der Waals surface area contributed by atoms with Gasteiger partial charge in [0.25, 0.3) is 0 Å². The minimum atomic E-state index is 0.217. The molecule has 0 fully saturated rings. The van der Waals surface area contributed by atoms with Gasteiger partial charge in [0.15, 0.2) is 0 Å². The molecule has 0 saturated carbocycles. The van der Waals surface area contributed by atoms with Crippen LogP contribution in [-0.4, -0.2) is 6.04 Å². The van der Waals surface area contributed by atoms with Gasteiger partial charge in [0.1, 0.15) is 0 Å². The van der Waals surface area contributed by atoms with E-state index in [1.165, 1.54) is 5.56 Å². The maximum Gasteiger partial charge on any atom is 0.0406 e. The highest BCUT2D eigenvalue weighted by Crippen LogP contribution is 2.11. The molecule has 0 aliphatic carbocycles. The minimum Gasteiger partial charge on any atom is -0.327 e. The van der Waals surface area contributed by atoms with Crippen molar-refractivity contribution in [3.8, 4) is 0 Å². The van der Waals surface area contributed by atoms with Crippen molar-refractivity contribution in [1.82, 2.24) is 0 Å². The van der Waals surface area contributed by atoms with Crippen LogP contribution >= 0.6 is 11.6 Å². The molecule has 0 saturated heterocycles. The molecule has 0 aromatic heterocycles. The largest absolute Gasteiger partial charge is 0.327 e. The van der Waals surface area contributed by atoms with Gasteiger partial charge in [0, 0.05) is 11.1 Å². The molecule has 0 aliphatic heterocycles. The van der Waals surface area contributed by atoms with Crippen LogP contribution in [0.1, 0.15) is 18.4 Å². The zero-order valence-electron chi connectivity index (χ0n) is 8.25. The van der Waals surface area contributed by atoms with Crippen molar-refractivity contribution in [1.29, 1.82) is 0 Å². The molecule has 1 aromatic rings. The number of allylic oxidation sites excluding steroid dienone is 1. The summed E-state index contributed by atoms with van der Waals surface area (Å²) in [6.07, 6.45) is 4.79. The van der Waals surface area contributed by atoms with Crippen molar-refractivity contribution in [2.24, 2.45) is 5.73 Å². The van der Waals surface area contributed by atoms with Crippen LogP contribution < -0.4 is 5.73 Å². The van der Waals surface area contributed by atoms with Crippen LogP contribution in [0.4, 0.5) is 0 Å². The SMILES string of the molecule is C=CCCC(N)Cc1ccc(Cl)cc1. The first-order valence-corrected chi connectivity index (χ1v) is 5.21. The van der Waals surface area contributed by atoms with Crippen LogP contribution in [0.15, 0.2) is 36.9 Å². The van der Waals surface area contributed by atoms with Crippen molar-refractivity contribution < 1.29 is 0 Å². The molecule has 0 amide bonds. The van der Waals surface area contributed by atoms with E-state index < -0.39 is 0 Å². The van der Waals surface area contributed by atoms with E-state index in [4.69, 9.17) is 17.3 Å². The zero-order valence-corrected chi connectivity index (χ0v) is 9.00. The number of benzene rings is 1. The summed E-state index contributed by atoms with van der Waals surface area (Å²) >= 11 is 5.79. The summed E-state index contributed by atoms with van der Waals surface area (Å²) in [7, 11) is 0. The average molecular weight is 210 g/mol. The molecule has 0 spiro atoms. The Morgan fingerprint density at radius 2 is 2.00 bits per heavy atom. The molecular weight excluding hydrogens is 194 g/mol. The minimum absolute atomic E-state index is 0.217. The summed E-state index contributed by atoms with van der Waals surface area (Å²) in [6, 6.07) is 8.06. The molecule has 0 bridgehead atoms. The smallest absolute Gasteiger partial charge is 0.0406 e. The third kappa shape index (κ3) is 3.95. The first-order valence-electron chi connectivity index (χ1n) is 4.83. The monoisotopic (exact) mass is 209 g/mol. The van der Waals surface area contributed by atoms with Crippen molar-refractivity contribution in [3.05, 3.63) is 47.5 Å². The van der Waals surface area contributed by atoms with Gasteiger partial charge >= 0.3 is 0 Å². The predicted molar refractivity (Wildman–Crippen MR) is 62.6 cm³/mol. The quantitative estimate of drug-likeness (QED) is 0.741. The van der Waals surface area contributed by atoms with Crippen molar-refractivity contribution in [2.75, 3.05) is 0 Å². The summed E-state index contributed by atoms with van der Waals surface area (Å²) in [5.74, 6) is 0. The third-order valence-corrected chi connectivity index (χ3v) is 2.40. The molecule has 14 heavy (non-hydrogen) atoms. The third-order valence-electron chi connectivity index (χ3n) is 2.15. The second-order valence-electron chi connectivity index (χ2n) is 3.46. The van der Waals surface area contributed by atoms with E-state index in [-0.39, 0.29) is 6.04 Å². The number of hydrogen-bond donors (Lipinski definition) is 1. The van der Waals surface area contributed by atoms with Crippen molar-refractivity contribution >= 4 is 11.6 Å². The van der Waals surface area contributed by atoms with Crippen molar-refractivity contribution in [3.63, 3.8) is 0 Å². The molecule has 0 aliphatic rings. The normalized spacial score (nSPS) is 12.4. The van der Waals surface area contributed by atoms with Crippen LogP contribution in [0.25, 0.3) is 0 Å². The summed E-state index contributed by atoms with van der Waals surface area (Å²) in [5, 5.41) is 0.772. The van der Waals surface area contributed by atoms with Crippen LogP contribution in [0.3, 0.4) is 0 Å². The standard InChI is InChI=1S/C12H16ClN/c1-2-3-4-12(14)9-10-5-7-11(13)8-6-10/h2,5-8,12H,1,3-4,9,14H2. The van der Waals surface area contributed by atoms with Gasteiger partial charge in [-0.05, 0) is 37.0 Å². The van der Waals surface area contributed by atoms with Crippen LogP contribution in [-0.2, 0) is 6.42 Å². The fraction of sp³-hybridized carbons (Fsp3) is 0.333. The highest BCUT2D eigenvalue weighted by molar-refractivity contribution is 6.30. The van der Waals surface area contributed by atoms with Crippen molar-refractivity contribution in [2.45, 2.75) is 25.3 Å². The lowest BCUT2D eigenvalue weighted by Gasteiger charge is -2.09. The van der Waals surface area contributed by atoms with Gasteiger partial charge in [-0.1, -0.05) is 29.8 Å². The highest BCUT2D eigenvalue weighted by atomic mass is 35.5. The van der Waals surface area contributed by atoms with E-state index >= 15 is 0 Å². The first kappa shape index (κ1) is 11.3. The van der Waals surface area contributed by atoms with Gasteiger partial charge in [-0.25, -0.2) is 0 Å². The molecule has 1 nitrogen and oxygen atoms in total. The number of hydrogen-bond acceptors (Lipinski definition) is 1. The van der Waals surface area contributed by atoms with Gasteiger partial charge in [-0.2, -0.15) is 0 Å². The van der Waals surface area contributed by atoms with E-state index in [1.807, 2.05) is 30.3 Å². The Morgan fingerprint density at radius 1 is 1.36 bits per heavy atom. The Hall–Kier alpha value is -0.790. The van der Waals surface area contributed by atoms with Gasteiger partial charge in [-0.3, -0.25) is 0 Å². The maximum absolute atomic E-state index is 5.95. The number of rotatable bonds is 5. The van der Waals surface area contributed by atoms with Crippen LogP contribution in [0.2, 0.25) is 5.02 Å². The zero-order chi connectivity index (χ0) is 10.4. The van der Waals surface area contributed by atoms with Gasteiger partial charge < -0.3 is 5.73 Å². The Morgan fingerprint density at radius 3 is 2.57 bits per heavy atom. The fourth-order valence-corrected chi connectivity index (χ4v) is 1.48.